The molecule has 2 fully saturated rings. The maximum atomic E-state index is 9.97. The van der Waals surface area contributed by atoms with Gasteiger partial charge in [-0.1, -0.05) is 0 Å². The Balaban J connectivity index is 0.000000160. The predicted molar refractivity (Wildman–Crippen MR) is 50.6 cm³/mol. The van der Waals surface area contributed by atoms with Gasteiger partial charge in [0.05, 0.1) is 11.8 Å². The normalized spacial score (nSPS) is 34.0. The van der Waals surface area contributed by atoms with E-state index >= 15 is 0 Å². The molecule has 0 aromatic heterocycles. The number of carbonyl (C=O) groups is 4. The largest absolute Gasteiger partial charge is 0.481 e. The lowest BCUT2D eigenvalue weighted by atomic mass is 10.3. The predicted octanol–water partition coefficient (Wildman–Crippen LogP) is -0.188. The van der Waals surface area contributed by atoms with Gasteiger partial charge in [0.15, 0.2) is 0 Å². The molecule has 2 saturated carbocycles. The van der Waals surface area contributed by atoms with Crippen molar-refractivity contribution in [3.63, 3.8) is 0 Å². The maximum Gasteiger partial charge on any atom is 0.307 e. The number of hydrogen-bond donors (Lipinski definition) is 2. The number of aldehydes is 2. The molecule has 0 saturated heterocycles. The molecule has 0 radical (unpaired) electrons. The molecular weight excluding hydrogens is 216 g/mol. The molecular formula is C10H12O6. The lowest BCUT2D eigenvalue weighted by Crippen LogP contribution is -1.99. The summed E-state index contributed by atoms with van der Waals surface area (Å²) in [7, 11) is 0. The molecule has 0 bridgehead atoms. The van der Waals surface area contributed by atoms with Crippen molar-refractivity contribution in [2.45, 2.75) is 12.8 Å². The second-order valence-corrected chi connectivity index (χ2v) is 3.96. The van der Waals surface area contributed by atoms with Crippen molar-refractivity contribution in [1.29, 1.82) is 0 Å². The highest BCUT2D eigenvalue weighted by atomic mass is 16.4. The molecule has 0 aliphatic heterocycles. The minimum absolute atomic E-state index is 0.188. The van der Waals surface area contributed by atoms with Crippen LogP contribution in [0.4, 0.5) is 0 Å². The van der Waals surface area contributed by atoms with Crippen LogP contribution >= 0.6 is 0 Å². The number of hydrogen-bond acceptors (Lipinski definition) is 4. The number of aliphatic carboxylic acids is 2. The standard InChI is InChI=1S/2C5H6O3/c2*6-2-3-1-4(3)5(7)8/h2*2-4H,1H2,(H,7,8)/t2*3-,4+/m10/s1. The van der Waals surface area contributed by atoms with Gasteiger partial charge in [-0.05, 0) is 12.8 Å². The van der Waals surface area contributed by atoms with Gasteiger partial charge in [-0.15, -0.1) is 0 Å². The van der Waals surface area contributed by atoms with E-state index in [4.69, 9.17) is 10.2 Å². The van der Waals surface area contributed by atoms with Gasteiger partial charge in [0, 0.05) is 11.8 Å². The van der Waals surface area contributed by atoms with E-state index in [0.29, 0.717) is 25.4 Å². The van der Waals surface area contributed by atoms with Crippen LogP contribution in [0.25, 0.3) is 0 Å². The van der Waals surface area contributed by atoms with Gasteiger partial charge >= 0.3 is 11.9 Å². The molecule has 6 nitrogen and oxygen atoms in total. The number of carboxylic acids is 2. The zero-order valence-electron chi connectivity index (χ0n) is 8.41. The summed E-state index contributed by atoms with van der Waals surface area (Å²) in [5.74, 6) is -2.80. The molecule has 0 aromatic rings. The first-order chi connectivity index (χ1) is 7.51. The molecule has 16 heavy (non-hydrogen) atoms. The minimum Gasteiger partial charge on any atom is -0.481 e. The summed E-state index contributed by atoms with van der Waals surface area (Å²) in [6, 6.07) is 0. The van der Waals surface area contributed by atoms with Gasteiger partial charge < -0.3 is 19.8 Å². The molecule has 88 valence electrons. The van der Waals surface area contributed by atoms with Gasteiger partial charge in [-0.3, -0.25) is 9.59 Å². The van der Waals surface area contributed by atoms with Gasteiger partial charge in [0.25, 0.3) is 0 Å². The lowest BCUT2D eigenvalue weighted by molar-refractivity contribution is -0.140. The van der Waals surface area contributed by atoms with Crippen molar-refractivity contribution in [2.75, 3.05) is 0 Å². The second kappa shape index (κ2) is 4.87. The van der Waals surface area contributed by atoms with E-state index in [2.05, 4.69) is 0 Å². The molecule has 0 spiro atoms. The second-order valence-electron chi connectivity index (χ2n) is 3.96. The summed E-state index contributed by atoms with van der Waals surface area (Å²) in [6.45, 7) is 0. The van der Waals surface area contributed by atoms with Crippen LogP contribution in [0.5, 0.6) is 0 Å². The first-order valence-corrected chi connectivity index (χ1v) is 4.87. The fraction of sp³-hybridized carbons (Fsp3) is 0.600. The zero-order valence-corrected chi connectivity index (χ0v) is 8.41. The number of carboxylic acid groups (broad SMARTS) is 2. The van der Waals surface area contributed by atoms with Gasteiger partial charge in [0.1, 0.15) is 12.6 Å². The third-order valence-electron chi connectivity index (χ3n) is 2.66. The summed E-state index contributed by atoms with van der Waals surface area (Å²) in [6.07, 6.45) is 2.50. The lowest BCUT2D eigenvalue weighted by Gasteiger charge is -1.79. The molecule has 2 N–H and O–H groups in total. The third-order valence-corrected chi connectivity index (χ3v) is 2.66. The zero-order chi connectivity index (χ0) is 12.3. The highest BCUT2D eigenvalue weighted by molar-refractivity contribution is 5.80. The highest BCUT2D eigenvalue weighted by Gasteiger charge is 2.43. The fourth-order valence-electron chi connectivity index (χ4n) is 1.30. The van der Waals surface area contributed by atoms with E-state index in [9.17, 15) is 19.2 Å². The van der Waals surface area contributed by atoms with Crippen molar-refractivity contribution in [1.82, 2.24) is 0 Å². The summed E-state index contributed by atoms with van der Waals surface area (Å²) in [5, 5.41) is 16.4. The van der Waals surface area contributed by atoms with Gasteiger partial charge in [0.2, 0.25) is 0 Å². The van der Waals surface area contributed by atoms with Crippen molar-refractivity contribution < 1.29 is 29.4 Å². The number of carbonyl (C=O) groups excluding carboxylic acids is 2. The molecule has 6 heteroatoms. The van der Waals surface area contributed by atoms with Crippen molar-refractivity contribution in [3.8, 4) is 0 Å². The first-order valence-electron chi connectivity index (χ1n) is 4.87. The van der Waals surface area contributed by atoms with Crippen LogP contribution in [-0.4, -0.2) is 34.7 Å². The average Bonchev–Trinajstić information content (AvgIpc) is 3.11. The summed E-state index contributed by atoms with van der Waals surface area (Å²) in [5.41, 5.74) is 0. The topological polar surface area (TPSA) is 109 Å². The Morgan fingerprint density at radius 2 is 1.19 bits per heavy atom. The monoisotopic (exact) mass is 228 g/mol. The summed E-state index contributed by atoms with van der Waals surface area (Å²) in [4.78, 5) is 39.6. The van der Waals surface area contributed by atoms with Crippen LogP contribution in [0.3, 0.4) is 0 Å². The Morgan fingerprint density at radius 1 is 0.875 bits per heavy atom. The SMILES string of the molecule is O=C[C@@H]1C[C@H]1C(=O)O.O=C[C@H]1C[C@@H]1C(=O)O. The smallest absolute Gasteiger partial charge is 0.307 e. The first kappa shape index (κ1) is 12.4. The van der Waals surface area contributed by atoms with Crippen LogP contribution < -0.4 is 0 Å². The van der Waals surface area contributed by atoms with Crippen LogP contribution in [0.1, 0.15) is 12.8 Å². The van der Waals surface area contributed by atoms with Crippen LogP contribution in [0.2, 0.25) is 0 Å². The Hall–Kier alpha value is -1.72. The number of rotatable bonds is 4. The molecule has 0 amide bonds. The molecule has 2 aliphatic carbocycles. The Morgan fingerprint density at radius 3 is 1.25 bits per heavy atom. The van der Waals surface area contributed by atoms with E-state index in [1.54, 1.807) is 0 Å². The van der Waals surface area contributed by atoms with Crippen molar-refractivity contribution >= 4 is 24.5 Å². The van der Waals surface area contributed by atoms with Crippen LogP contribution in [0, 0.1) is 23.7 Å². The summed E-state index contributed by atoms with van der Waals surface area (Å²) >= 11 is 0. The van der Waals surface area contributed by atoms with Crippen LogP contribution in [0.15, 0.2) is 0 Å². The molecule has 0 aromatic carbocycles. The molecule has 2 rings (SSSR count). The molecule has 2 aliphatic rings. The van der Waals surface area contributed by atoms with E-state index in [-0.39, 0.29) is 23.7 Å². The Bertz CT molecular complexity index is 291. The van der Waals surface area contributed by atoms with E-state index in [1.165, 1.54) is 0 Å². The molecule has 0 heterocycles. The maximum absolute atomic E-state index is 9.97. The molecule has 0 unspecified atom stereocenters. The van der Waals surface area contributed by atoms with E-state index in [1.807, 2.05) is 0 Å². The summed E-state index contributed by atoms with van der Waals surface area (Å²) < 4.78 is 0. The van der Waals surface area contributed by atoms with Crippen LogP contribution in [-0.2, 0) is 19.2 Å². The van der Waals surface area contributed by atoms with E-state index < -0.39 is 11.9 Å². The van der Waals surface area contributed by atoms with Gasteiger partial charge in [-0.25, -0.2) is 0 Å². The van der Waals surface area contributed by atoms with Crippen molar-refractivity contribution in [2.24, 2.45) is 23.7 Å². The highest BCUT2D eigenvalue weighted by Crippen LogP contribution is 2.36. The van der Waals surface area contributed by atoms with Crippen molar-refractivity contribution in [3.05, 3.63) is 0 Å². The quantitative estimate of drug-likeness (QED) is 0.645. The Kier molecular flexibility index (Phi) is 3.76. The third kappa shape index (κ3) is 3.15. The van der Waals surface area contributed by atoms with E-state index in [0.717, 1.165) is 0 Å². The molecule has 4 atom stereocenters. The average molecular weight is 228 g/mol. The minimum atomic E-state index is -0.845. The Labute approximate surface area is 91.3 Å². The fourth-order valence-corrected chi connectivity index (χ4v) is 1.30. The van der Waals surface area contributed by atoms with Gasteiger partial charge in [-0.2, -0.15) is 0 Å².